The minimum atomic E-state index is -4.59. The van der Waals surface area contributed by atoms with Crippen LogP contribution in [0.25, 0.3) is 20.5 Å². The summed E-state index contributed by atoms with van der Waals surface area (Å²) in [4.78, 5) is 11.7. The zero-order chi connectivity index (χ0) is 15.9. The van der Waals surface area contributed by atoms with Gasteiger partial charge in [0.1, 0.15) is 0 Å². The van der Waals surface area contributed by atoms with Gasteiger partial charge in [0.25, 0.3) is 0 Å². The number of carboxylic acid groups (broad SMARTS) is 1. The van der Waals surface area contributed by atoms with E-state index in [0.29, 0.717) is 10.9 Å². The van der Waals surface area contributed by atoms with E-state index in [9.17, 15) is 18.0 Å². The second-order valence-electron chi connectivity index (χ2n) is 4.75. The predicted molar refractivity (Wildman–Crippen MR) is 79.2 cm³/mol. The summed E-state index contributed by atoms with van der Waals surface area (Å²) >= 11 is 1.33. The van der Waals surface area contributed by atoms with Crippen LogP contribution in [-0.2, 0) is 6.18 Å². The van der Waals surface area contributed by atoms with Gasteiger partial charge in [0.15, 0.2) is 0 Å². The number of hydrogen-bond donors (Lipinski definition) is 1. The fourth-order valence-electron chi connectivity index (χ4n) is 2.18. The summed E-state index contributed by atoms with van der Waals surface area (Å²) in [6, 6.07) is 12.1. The zero-order valence-electron chi connectivity index (χ0n) is 11.0. The molecular weight excluding hydrogens is 313 g/mol. The second-order valence-corrected chi connectivity index (χ2v) is 5.83. The van der Waals surface area contributed by atoms with Crippen molar-refractivity contribution in [2.45, 2.75) is 6.18 Å². The summed E-state index contributed by atoms with van der Waals surface area (Å²) in [5.41, 5.74) is -1.07. The van der Waals surface area contributed by atoms with Gasteiger partial charge in [0, 0.05) is 9.58 Å². The van der Waals surface area contributed by atoms with Crippen LogP contribution in [0.3, 0.4) is 0 Å². The first kappa shape index (κ1) is 14.6. The fourth-order valence-corrected chi connectivity index (χ4v) is 3.23. The van der Waals surface area contributed by atoms with Crippen molar-refractivity contribution in [3.63, 3.8) is 0 Å². The Kier molecular flexibility index (Phi) is 3.41. The summed E-state index contributed by atoms with van der Waals surface area (Å²) in [7, 11) is 0. The smallest absolute Gasteiger partial charge is 0.416 e. The molecular formula is C16H9F3O2S. The van der Waals surface area contributed by atoms with E-state index in [4.69, 9.17) is 5.11 Å². The molecule has 6 heteroatoms. The molecule has 0 bridgehead atoms. The maximum absolute atomic E-state index is 12.9. The standard InChI is InChI=1S/C16H9F3O2S/c17-16(18,19)12-6-10(5-11(7-12)15(20)21)14-8-9-3-1-2-4-13(9)22-14/h1-8H,(H,20,21). The lowest BCUT2D eigenvalue weighted by atomic mass is 10.0. The highest BCUT2D eigenvalue weighted by molar-refractivity contribution is 7.22. The fraction of sp³-hybridized carbons (Fsp3) is 0.0625. The van der Waals surface area contributed by atoms with Crippen LogP contribution in [0.2, 0.25) is 0 Å². The molecule has 112 valence electrons. The van der Waals surface area contributed by atoms with E-state index in [0.717, 1.165) is 16.2 Å². The number of halogens is 3. The Bertz CT molecular complexity index is 832. The number of rotatable bonds is 2. The van der Waals surface area contributed by atoms with Crippen molar-refractivity contribution in [2.24, 2.45) is 0 Å². The average molecular weight is 322 g/mol. The van der Waals surface area contributed by atoms with E-state index < -0.39 is 17.7 Å². The average Bonchev–Trinajstić information content (AvgIpc) is 2.89. The van der Waals surface area contributed by atoms with Crippen molar-refractivity contribution in [2.75, 3.05) is 0 Å². The molecule has 3 rings (SSSR count). The molecule has 0 aliphatic rings. The molecule has 2 aromatic carbocycles. The third-order valence-corrected chi connectivity index (χ3v) is 4.38. The Hall–Kier alpha value is -2.34. The zero-order valence-corrected chi connectivity index (χ0v) is 11.8. The maximum Gasteiger partial charge on any atom is 0.416 e. The molecule has 1 N–H and O–H groups in total. The van der Waals surface area contributed by atoms with Gasteiger partial charge in [-0.1, -0.05) is 18.2 Å². The lowest BCUT2D eigenvalue weighted by Gasteiger charge is -2.09. The molecule has 0 saturated carbocycles. The molecule has 0 aliphatic carbocycles. The number of benzene rings is 2. The highest BCUT2D eigenvalue weighted by Crippen LogP contribution is 2.37. The Morgan fingerprint density at radius 3 is 2.41 bits per heavy atom. The van der Waals surface area contributed by atoms with Crippen molar-refractivity contribution in [1.29, 1.82) is 0 Å². The first-order valence-electron chi connectivity index (χ1n) is 6.29. The number of carbonyl (C=O) groups is 1. The highest BCUT2D eigenvalue weighted by atomic mass is 32.1. The number of aromatic carboxylic acids is 1. The SMILES string of the molecule is O=C(O)c1cc(-c2cc3ccccc3s2)cc(C(F)(F)F)c1. The van der Waals surface area contributed by atoms with Gasteiger partial charge in [0.05, 0.1) is 11.1 Å². The van der Waals surface area contributed by atoms with Crippen molar-refractivity contribution < 1.29 is 23.1 Å². The second kappa shape index (κ2) is 5.14. The number of carboxylic acids is 1. The highest BCUT2D eigenvalue weighted by Gasteiger charge is 2.32. The van der Waals surface area contributed by atoms with Gasteiger partial charge in [-0.05, 0) is 41.3 Å². The van der Waals surface area contributed by atoms with Crippen LogP contribution in [0.4, 0.5) is 13.2 Å². The molecule has 1 heterocycles. The quantitative estimate of drug-likeness (QED) is 0.696. The summed E-state index contributed by atoms with van der Waals surface area (Å²) in [6.45, 7) is 0. The van der Waals surface area contributed by atoms with E-state index in [-0.39, 0.29) is 11.1 Å². The number of hydrogen-bond acceptors (Lipinski definition) is 2. The van der Waals surface area contributed by atoms with Gasteiger partial charge in [-0.25, -0.2) is 4.79 Å². The van der Waals surface area contributed by atoms with Crippen LogP contribution in [0.1, 0.15) is 15.9 Å². The first-order chi connectivity index (χ1) is 10.3. The van der Waals surface area contributed by atoms with E-state index in [1.165, 1.54) is 17.4 Å². The van der Waals surface area contributed by atoms with E-state index in [1.54, 1.807) is 6.07 Å². The lowest BCUT2D eigenvalue weighted by Crippen LogP contribution is -2.07. The van der Waals surface area contributed by atoms with Crippen LogP contribution in [0, 0.1) is 0 Å². The van der Waals surface area contributed by atoms with Crippen LogP contribution in [-0.4, -0.2) is 11.1 Å². The summed E-state index contributed by atoms with van der Waals surface area (Å²) < 4.78 is 39.8. The molecule has 0 amide bonds. The molecule has 0 radical (unpaired) electrons. The normalized spacial score (nSPS) is 11.8. The van der Waals surface area contributed by atoms with Gasteiger partial charge in [0.2, 0.25) is 0 Å². The molecule has 0 aliphatic heterocycles. The summed E-state index contributed by atoms with van der Waals surface area (Å²) in [5, 5.41) is 9.94. The number of fused-ring (bicyclic) bond motifs is 1. The van der Waals surface area contributed by atoms with Gasteiger partial charge in [-0.2, -0.15) is 13.2 Å². The molecule has 0 saturated heterocycles. The summed E-state index contributed by atoms with van der Waals surface area (Å²) in [6.07, 6.45) is -4.59. The van der Waals surface area contributed by atoms with Crippen LogP contribution in [0.5, 0.6) is 0 Å². The minimum absolute atomic E-state index is 0.258. The molecule has 0 unspecified atom stereocenters. The molecule has 2 nitrogen and oxygen atoms in total. The lowest BCUT2D eigenvalue weighted by molar-refractivity contribution is -0.137. The largest absolute Gasteiger partial charge is 0.478 e. The Balaban J connectivity index is 2.20. The van der Waals surface area contributed by atoms with Gasteiger partial charge < -0.3 is 5.11 Å². The molecule has 1 aromatic heterocycles. The van der Waals surface area contributed by atoms with Crippen molar-refractivity contribution in [1.82, 2.24) is 0 Å². The van der Waals surface area contributed by atoms with Crippen LogP contribution >= 0.6 is 11.3 Å². The predicted octanol–water partition coefficient (Wildman–Crippen LogP) is 5.29. The maximum atomic E-state index is 12.9. The molecule has 22 heavy (non-hydrogen) atoms. The van der Waals surface area contributed by atoms with E-state index in [2.05, 4.69) is 0 Å². The van der Waals surface area contributed by atoms with Crippen LogP contribution in [0.15, 0.2) is 48.5 Å². The number of alkyl halides is 3. The van der Waals surface area contributed by atoms with E-state index >= 15 is 0 Å². The van der Waals surface area contributed by atoms with Gasteiger partial charge in [-0.15, -0.1) is 11.3 Å². The molecule has 0 fully saturated rings. The van der Waals surface area contributed by atoms with Gasteiger partial charge >= 0.3 is 12.1 Å². The van der Waals surface area contributed by atoms with Crippen molar-refractivity contribution in [3.8, 4) is 10.4 Å². The Morgan fingerprint density at radius 1 is 1.05 bits per heavy atom. The van der Waals surface area contributed by atoms with E-state index in [1.807, 2.05) is 24.3 Å². The molecule has 0 atom stereocenters. The topological polar surface area (TPSA) is 37.3 Å². The molecule has 0 spiro atoms. The monoisotopic (exact) mass is 322 g/mol. The third kappa shape index (κ3) is 2.69. The third-order valence-electron chi connectivity index (χ3n) is 3.22. The number of thiophene rings is 1. The summed E-state index contributed by atoms with van der Waals surface area (Å²) in [5.74, 6) is -1.38. The Labute approximate surface area is 127 Å². The Morgan fingerprint density at radius 2 is 1.77 bits per heavy atom. The van der Waals surface area contributed by atoms with Crippen LogP contribution < -0.4 is 0 Å². The molecule has 3 aromatic rings. The minimum Gasteiger partial charge on any atom is -0.478 e. The van der Waals surface area contributed by atoms with Gasteiger partial charge in [-0.3, -0.25) is 0 Å². The van der Waals surface area contributed by atoms with Crippen molar-refractivity contribution in [3.05, 3.63) is 59.7 Å². The van der Waals surface area contributed by atoms with Crippen molar-refractivity contribution >= 4 is 27.4 Å². The first-order valence-corrected chi connectivity index (χ1v) is 7.11.